The highest BCUT2D eigenvalue weighted by Gasteiger charge is 2.73. The lowest BCUT2D eigenvalue weighted by atomic mass is 9.74. The van der Waals surface area contributed by atoms with Crippen LogP contribution >= 0.6 is 0 Å². The third kappa shape index (κ3) is 2.66. The predicted molar refractivity (Wildman–Crippen MR) is 106 cm³/mol. The molecule has 0 aromatic heterocycles. The molecule has 2 N–H and O–H groups in total. The molecule has 5 rings (SSSR count). The van der Waals surface area contributed by atoms with Gasteiger partial charge in [-0.2, -0.15) is 0 Å². The largest absolute Gasteiger partial charge is 0.497 e. The molecule has 1 aliphatic carbocycles. The first-order valence-corrected chi connectivity index (χ1v) is 10.3. The lowest BCUT2D eigenvalue weighted by Crippen LogP contribution is -2.55. The summed E-state index contributed by atoms with van der Waals surface area (Å²) in [4.78, 5) is 40.9. The molecule has 4 aliphatic rings. The number of benzene rings is 1. The van der Waals surface area contributed by atoms with Crippen LogP contribution in [0.15, 0.2) is 36.4 Å². The standard InChI is InChI=1S/C22H25N3O5/c1-23-19(26)16-15-9-10-22(30-15)17(16)21(28)25(13-5-6-13)18(22)20(27)24-11-12-3-7-14(29-2)8-4-12/h3-4,7-10,13,15-18H,5-6,11H2,1-2H3,(H,23,26)(H,24,27)/t15-,16-,17+,18+,22-/m1/s1. The van der Waals surface area contributed by atoms with Crippen LogP contribution in [0.1, 0.15) is 18.4 Å². The molecule has 30 heavy (non-hydrogen) atoms. The van der Waals surface area contributed by atoms with Crippen molar-refractivity contribution in [2.45, 2.75) is 43.2 Å². The van der Waals surface area contributed by atoms with Crippen molar-refractivity contribution in [3.8, 4) is 5.75 Å². The molecule has 3 amide bonds. The maximum atomic E-state index is 13.4. The van der Waals surface area contributed by atoms with Gasteiger partial charge in [0.2, 0.25) is 17.7 Å². The van der Waals surface area contributed by atoms with E-state index in [2.05, 4.69) is 10.6 Å². The van der Waals surface area contributed by atoms with Crippen molar-refractivity contribution in [1.82, 2.24) is 15.5 Å². The summed E-state index contributed by atoms with van der Waals surface area (Å²) < 4.78 is 11.4. The minimum absolute atomic E-state index is 0.0376. The zero-order chi connectivity index (χ0) is 21.0. The number of fused-ring (bicyclic) bond motifs is 1. The number of rotatable bonds is 6. The summed E-state index contributed by atoms with van der Waals surface area (Å²) in [7, 11) is 3.16. The minimum Gasteiger partial charge on any atom is -0.497 e. The van der Waals surface area contributed by atoms with Gasteiger partial charge in [0.25, 0.3) is 0 Å². The molecule has 8 nitrogen and oxygen atoms in total. The molecular weight excluding hydrogens is 386 g/mol. The Morgan fingerprint density at radius 1 is 1.23 bits per heavy atom. The second-order valence-electron chi connectivity index (χ2n) is 8.36. The van der Waals surface area contributed by atoms with E-state index in [1.165, 1.54) is 0 Å². The summed E-state index contributed by atoms with van der Waals surface area (Å²) in [5.74, 6) is -1.15. The van der Waals surface area contributed by atoms with E-state index in [-0.39, 0.29) is 23.8 Å². The van der Waals surface area contributed by atoms with Gasteiger partial charge < -0.3 is 25.0 Å². The van der Waals surface area contributed by atoms with Crippen molar-refractivity contribution in [3.05, 3.63) is 42.0 Å². The Bertz CT molecular complexity index is 925. The molecule has 2 bridgehead atoms. The molecule has 3 aliphatic heterocycles. The lowest BCUT2D eigenvalue weighted by Gasteiger charge is -2.32. The molecule has 158 valence electrons. The van der Waals surface area contributed by atoms with Crippen molar-refractivity contribution in [1.29, 1.82) is 0 Å². The monoisotopic (exact) mass is 411 g/mol. The van der Waals surface area contributed by atoms with Crippen molar-refractivity contribution >= 4 is 17.7 Å². The van der Waals surface area contributed by atoms with Crippen LogP contribution in [0.2, 0.25) is 0 Å². The Labute approximate surface area is 174 Å². The van der Waals surface area contributed by atoms with E-state index in [9.17, 15) is 14.4 Å². The number of nitrogens with one attached hydrogen (secondary N) is 2. The van der Waals surface area contributed by atoms with Crippen molar-refractivity contribution in [2.75, 3.05) is 14.2 Å². The molecule has 3 heterocycles. The molecule has 3 fully saturated rings. The first-order chi connectivity index (χ1) is 14.5. The summed E-state index contributed by atoms with van der Waals surface area (Å²) >= 11 is 0. The Hall–Kier alpha value is -2.87. The number of nitrogens with zero attached hydrogens (tertiary/aromatic N) is 1. The van der Waals surface area contributed by atoms with E-state index in [0.29, 0.717) is 6.54 Å². The predicted octanol–water partition coefficient (Wildman–Crippen LogP) is 0.370. The maximum absolute atomic E-state index is 13.4. The number of likely N-dealkylation sites (tertiary alicyclic amines) is 1. The van der Waals surface area contributed by atoms with Crippen LogP contribution in [-0.4, -0.2) is 60.6 Å². The van der Waals surface area contributed by atoms with Crippen LogP contribution < -0.4 is 15.4 Å². The third-order valence-corrected chi connectivity index (χ3v) is 6.68. The van der Waals surface area contributed by atoms with Crippen LogP contribution in [0.25, 0.3) is 0 Å². The summed E-state index contributed by atoms with van der Waals surface area (Å²) in [5.41, 5.74) is -0.151. The van der Waals surface area contributed by atoms with Gasteiger partial charge in [-0.1, -0.05) is 24.3 Å². The molecule has 5 atom stereocenters. The smallest absolute Gasteiger partial charge is 0.246 e. The van der Waals surface area contributed by atoms with Gasteiger partial charge in [0.15, 0.2) is 0 Å². The molecule has 1 spiro atoms. The van der Waals surface area contributed by atoms with Gasteiger partial charge in [0.05, 0.1) is 25.0 Å². The van der Waals surface area contributed by atoms with Gasteiger partial charge in [-0.25, -0.2) is 0 Å². The topological polar surface area (TPSA) is 97.0 Å². The van der Waals surface area contributed by atoms with Gasteiger partial charge in [0, 0.05) is 19.6 Å². The SMILES string of the molecule is CNC(=O)[C@H]1[C@H]2C(=O)N(C3CC3)[C@@H](C(=O)NCc3ccc(OC)cc3)[C@@]23C=C[C@H]1O3. The van der Waals surface area contributed by atoms with E-state index in [4.69, 9.17) is 9.47 Å². The lowest BCUT2D eigenvalue weighted by molar-refractivity contribution is -0.142. The van der Waals surface area contributed by atoms with Crippen LogP contribution in [0.3, 0.4) is 0 Å². The van der Waals surface area contributed by atoms with Crippen molar-refractivity contribution in [2.24, 2.45) is 11.8 Å². The second-order valence-corrected chi connectivity index (χ2v) is 8.36. The van der Waals surface area contributed by atoms with Gasteiger partial charge in [-0.3, -0.25) is 14.4 Å². The molecule has 8 heteroatoms. The first kappa shape index (κ1) is 19.1. The molecule has 2 saturated heterocycles. The van der Waals surface area contributed by atoms with Crippen LogP contribution in [0, 0.1) is 11.8 Å². The number of amides is 3. The van der Waals surface area contributed by atoms with E-state index in [0.717, 1.165) is 24.2 Å². The zero-order valence-electron chi connectivity index (χ0n) is 17.0. The third-order valence-electron chi connectivity index (χ3n) is 6.68. The molecule has 0 unspecified atom stereocenters. The molecular formula is C22H25N3O5. The summed E-state index contributed by atoms with van der Waals surface area (Å²) in [6.07, 6.45) is 4.92. The molecule has 1 saturated carbocycles. The van der Waals surface area contributed by atoms with Gasteiger partial charge in [-0.05, 0) is 30.5 Å². The van der Waals surface area contributed by atoms with Gasteiger partial charge in [-0.15, -0.1) is 0 Å². The second kappa shape index (κ2) is 6.84. The zero-order valence-corrected chi connectivity index (χ0v) is 17.0. The summed E-state index contributed by atoms with van der Waals surface area (Å²) in [6, 6.07) is 6.72. The molecule has 1 aromatic carbocycles. The fourth-order valence-corrected chi connectivity index (χ4v) is 5.15. The molecule has 1 aromatic rings. The minimum atomic E-state index is -1.08. The summed E-state index contributed by atoms with van der Waals surface area (Å²) in [6.45, 7) is 0.332. The Kier molecular flexibility index (Phi) is 4.36. The van der Waals surface area contributed by atoms with Gasteiger partial charge >= 0.3 is 0 Å². The maximum Gasteiger partial charge on any atom is 0.246 e. The van der Waals surface area contributed by atoms with Crippen molar-refractivity contribution in [3.63, 3.8) is 0 Å². The van der Waals surface area contributed by atoms with Crippen LogP contribution in [0.4, 0.5) is 0 Å². The average molecular weight is 411 g/mol. The molecule has 0 radical (unpaired) electrons. The normalized spacial score (nSPS) is 33.5. The van der Waals surface area contributed by atoms with E-state index >= 15 is 0 Å². The number of ether oxygens (including phenoxy) is 2. The fourth-order valence-electron chi connectivity index (χ4n) is 5.15. The Morgan fingerprint density at radius 2 is 1.97 bits per heavy atom. The first-order valence-electron chi connectivity index (χ1n) is 10.3. The average Bonchev–Trinajstić information content (AvgIpc) is 3.36. The number of carbonyl (C=O) groups is 3. The Balaban J connectivity index is 1.41. The van der Waals surface area contributed by atoms with E-state index in [1.54, 1.807) is 19.1 Å². The van der Waals surface area contributed by atoms with E-state index < -0.39 is 29.6 Å². The van der Waals surface area contributed by atoms with Gasteiger partial charge in [0.1, 0.15) is 17.4 Å². The number of carbonyl (C=O) groups excluding carboxylic acids is 3. The van der Waals surface area contributed by atoms with Crippen molar-refractivity contribution < 1.29 is 23.9 Å². The highest BCUT2D eigenvalue weighted by atomic mass is 16.5. The van der Waals surface area contributed by atoms with Crippen LogP contribution in [-0.2, 0) is 25.7 Å². The Morgan fingerprint density at radius 3 is 2.60 bits per heavy atom. The van der Waals surface area contributed by atoms with Crippen LogP contribution in [0.5, 0.6) is 5.75 Å². The quantitative estimate of drug-likeness (QED) is 0.660. The number of hydrogen-bond acceptors (Lipinski definition) is 5. The fraction of sp³-hybridized carbons (Fsp3) is 0.500. The highest BCUT2D eigenvalue weighted by Crippen LogP contribution is 2.56. The highest BCUT2D eigenvalue weighted by molar-refractivity contribution is 6.00. The van der Waals surface area contributed by atoms with E-state index in [1.807, 2.05) is 36.4 Å². The number of methoxy groups -OCH3 is 1. The number of hydrogen-bond donors (Lipinski definition) is 2. The summed E-state index contributed by atoms with van der Waals surface area (Å²) in [5, 5.41) is 5.62.